The van der Waals surface area contributed by atoms with Crippen molar-refractivity contribution < 1.29 is 12.8 Å². The molecular weight excluding hydrogens is 291 g/mol. The molecule has 21 heavy (non-hydrogen) atoms. The summed E-state index contributed by atoms with van der Waals surface area (Å²) in [6.07, 6.45) is 0. The Bertz CT molecular complexity index is 743. The minimum absolute atomic E-state index is 0.0552. The third-order valence-corrected chi connectivity index (χ3v) is 4.73. The predicted octanol–water partition coefficient (Wildman–Crippen LogP) is 2.76. The highest BCUT2D eigenvalue weighted by Crippen LogP contribution is 2.20. The Morgan fingerprint density at radius 3 is 2.33 bits per heavy atom. The molecular formula is C15H17FN2O2S. The molecule has 0 spiro atoms. The van der Waals surface area contributed by atoms with Gasteiger partial charge in [-0.15, -0.1) is 0 Å². The molecule has 0 aliphatic carbocycles. The minimum Gasteiger partial charge on any atom is -0.396 e. The van der Waals surface area contributed by atoms with E-state index in [1.807, 2.05) is 31.2 Å². The fraction of sp³-hybridized carbons (Fsp3) is 0.200. The van der Waals surface area contributed by atoms with Crippen LogP contribution in [0.2, 0.25) is 0 Å². The number of benzene rings is 2. The first-order chi connectivity index (χ1) is 9.79. The van der Waals surface area contributed by atoms with E-state index in [9.17, 15) is 12.8 Å². The van der Waals surface area contributed by atoms with E-state index >= 15 is 0 Å². The molecule has 1 unspecified atom stereocenters. The van der Waals surface area contributed by atoms with Crippen LogP contribution in [0.5, 0.6) is 0 Å². The van der Waals surface area contributed by atoms with Gasteiger partial charge in [-0.2, -0.15) is 0 Å². The zero-order chi connectivity index (χ0) is 15.6. The van der Waals surface area contributed by atoms with Gasteiger partial charge >= 0.3 is 0 Å². The second-order valence-electron chi connectivity index (χ2n) is 4.94. The monoisotopic (exact) mass is 308 g/mol. The van der Waals surface area contributed by atoms with Gasteiger partial charge in [0.05, 0.1) is 10.6 Å². The molecule has 2 aromatic rings. The van der Waals surface area contributed by atoms with Crippen LogP contribution < -0.4 is 10.5 Å². The summed E-state index contributed by atoms with van der Waals surface area (Å²) in [4.78, 5) is -0.0552. The lowest BCUT2D eigenvalue weighted by atomic mass is 10.1. The van der Waals surface area contributed by atoms with Crippen LogP contribution in [0.25, 0.3) is 0 Å². The number of anilines is 1. The van der Waals surface area contributed by atoms with Gasteiger partial charge in [-0.1, -0.05) is 29.8 Å². The van der Waals surface area contributed by atoms with Crippen molar-refractivity contribution in [1.29, 1.82) is 0 Å². The zero-order valence-corrected chi connectivity index (χ0v) is 12.6. The molecule has 112 valence electrons. The number of halogens is 1. The summed E-state index contributed by atoms with van der Waals surface area (Å²) in [5.74, 6) is -0.638. The summed E-state index contributed by atoms with van der Waals surface area (Å²) in [6, 6.07) is 10.5. The van der Waals surface area contributed by atoms with E-state index in [4.69, 9.17) is 5.73 Å². The Morgan fingerprint density at radius 2 is 1.76 bits per heavy atom. The molecule has 3 N–H and O–H groups in total. The van der Waals surface area contributed by atoms with Crippen molar-refractivity contribution in [3.63, 3.8) is 0 Å². The molecule has 0 saturated heterocycles. The Hall–Kier alpha value is -1.92. The van der Waals surface area contributed by atoms with Crippen LogP contribution in [0.1, 0.15) is 24.1 Å². The van der Waals surface area contributed by atoms with E-state index in [1.54, 1.807) is 6.92 Å². The highest BCUT2D eigenvalue weighted by Gasteiger charge is 2.19. The standard InChI is InChI=1S/C15H17FN2O2S/c1-10-3-5-12(6-4-10)11(2)18-21(19,20)13-7-8-14(16)15(17)9-13/h3-9,11,18H,17H2,1-2H3. The van der Waals surface area contributed by atoms with E-state index < -0.39 is 21.9 Å². The van der Waals surface area contributed by atoms with E-state index in [0.717, 1.165) is 23.3 Å². The van der Waals surface area contributed by atoms with Crippen LogP contribution in [0.15, 0.2) is 47.4 Å². The average Bonchev–Trinajstić information content (AvgIpc) is 2.42. The Labute approximate surface area is 123 Å². The van der Waals surface area contributed by atoms with Gasteiger partial charge in [-0.05, 0) is 37.6 Å². The van der Waals surface area contributed by atoms with E-state index in [-0.39, 0.29) is 10.6 Å². The Kier molecular flexibility index (Phi) is 4.29. The molecule has 0 saturated carbocycles. The van der Waals surface area contributed by atoms with Gasteiger partial charge in [-0.3, -0.25) is 0 Å². The molecule has 0 fully saturated rings. The van der Waals surface area contributed by atoms with E-state index in [1.165, 1.54) is 6.07 Å². The summed E-state index contributed by atoms with van der Waals surface area (Å²) in [7, 11) is -3.75. The SMILES string of the molecule is Cc1ccc(C(C)NS(=O)(=O)c2ccc(F)c(N)c2)cc1. The summed E-state index contributed by atoms with van der Waals surface area (Å²) < 4.78 is 40.2. The van der Waals surface area contributed by atoms with Crippen molar-refractivity contribution >= 4 is 15.7 Å². The molecule has 0 aliphatic heterocycles. The van der Waals surface area contributed by atoms with Crippen molar-refractivity contribution in [3.8, 4) is 0 Å². The number of aryl methyl sites for hydroxylation is 1. The van der Waals surface area contributed by atoms with Gasteiger partial charge in [-0.25, -0.2) is 17.5 Å². The molecule has 0 aliphatic rings. The first-order valence-corrected chi connectivity index (χ1v) is 7.92. The second-order valence-corrected chi connectivity index (χ2v) is 6.65. The van der Waals surface area contributed by atoms with Crippen molar-refractivity contribution in [1.82, 2.24) is 4.72 Å². The molecule has 1 atom stereocenters. The number of hydrogen-bond donors (Lipinski definition) is 2. The summed E-state index contributed by atoms with van der Waals surface area (Å²) in [6.45, 7) is 3.70. The van der Waals surface area contributed by atoms with Crippen LogP contribution in [-0.4, -0.2) is 8.42 Å². The van der Waals surface area contributed by atoms with Crippen LogP contribution in [0.3, 0.4) is 0 Å². The van der Waals surface area contributed by atoms with Gasteiger partial charge in [0.15, 0.2) is 0 Å². The maximum atomic E-state index is 13.1. The molecule has 6 heteroatoms. The third-order valence-electron chi connectivity index (χ3n) is 3.19. The molecule has 2 aromatic carbocycles. The normalized spacial score (nSPS) is 13.1. The minimum atomic E-state index is -3.75. The highest BCUT2D eigenvalue weighted by atomic mass is 32.2. The number of nitrogen functional groups attached to an aromatic ring is 1. The van der Waals surface area contributed by atoms with Gasteiger partial charge in [0.2, 0.25) is 10.0 Å². The number of rotatable bonds is 4. The first kappa shape index (κ1) is 15.5. The molecule has 0 bridgehead atoms. The summed E-state index contributed by atoms with van der Waals surface area (Å²) >= 11 is 0. The third kappa shape index (κ3) is 3.59. The molecule has 0 aromatic heterocycles. The Balaban J connectivity index is 2.24. The maximum Gasteiger partial charge on any atom is 0.241 e. The second kappa shape index (κ2) is 5.83. The van der Waals surface area contributed by atoms with Crippen LogP contribution in [0, 0.1) is 12.7 Å². The maximum absolute atomic E-state index is 13.1. The van der Waals surface area contributed by atoms with Gasteiger partial charge in [0.1, 0.15) is 5.82 Å². The quantitative estimate of drug-likeness (QED) is 0.853. The summed E-state index contributed by atoms with van der Waals surface area (Å²) in [5, 5.41) is 0. The van der Waals surface area contributed by atoms with Gasteiger partial charge < -0.3 is 5.73 Å². The van der Waals surface area contributed by atoms with Crippen molar-refractivity contribution in [2.75, 3.05) is 5.73 Å². The lowest BCUT2D eigenvalue weighted by Crippen LogP contribution is -2.27. The molecule has 0 amide bonds. The topological polar surface area (TPSA) is 72.2 Å². The van der Waals surface area contributed by atoms with Gasteiger partial charge in [0, 0.05) is 6.04 Å². The Morgan fingerprint density at radius 1 is 1.14 bits per heavy atom. The fourth-order valence-corrected chi connectivity index (χ4v) is 3.18. The number of nitrogens with one attached hydrogen (secondary N) is 1. The number of nitrogens with two attached hydrogens (primary N) is 1. The molecule has 0 radical (unpaired) electrons. The largest absolute Gasteiger partial charge is 0.396 e. The number of hydrogen-bond acceptors (Lipinski definition) is 3. The molecule has 0 heterocycles. The average molecular weight is 308 g/mol. The predicted molar refractivity (Wildman–Crippen MR) is 80.7 cm³/mol. The van der Waals surface area contributed by atoms with Crippen LogP contribution in [0.4, 0.5) is 10.1 Å². The van der Waals surface area contributed by atoms with Crippen molar-refractivity contribution in [2.24, 2.45) is 0 Å². The molecule has 2 rings (SSSR count). The lowest BCUT2D eigenvalue weighted by molar-refractivity contribution is 0.566. The van der Waals surface area contributed by atoms with Crippen molar-refractivity contribution in [3.05, 3.63) is 59.4 Å². The van der Waals surface area contributed by atoms with Crippen LogP contribution >= 0.6 is 0 Å². The first-order valence-electron chi connectivity index (χ1n) is 6.43. The fourth-order valence-electron chi connectivity index (χ4n) is 1.91. The summed E-state index contributed by atoms with van der Waals surface area (Å²) in [5.41, 5.74) is 7.16. The lowest BCUT2D eigenvalue weighted by Gasteiger charge is -2.15. The smallest absolute Gasteiger partial charge is 0.241 e. The number of sulfonamides is 1. The highest BCUT2D eigenvalue weighted by molar-refractivity contribution is 7.89. The van der Waals surface area contributed by atoms with E-state index in [0.29, 0.717) is 0 Å². The van der Waals surface area contributed by atoms with E-state index in [2.05, 4.69) is 4.72 Å². The van der Waals surface area contributed by atoms with Crippen molar-refractivity contribution in [2.45, 2.75) is 24.8 Å². The zero-order valence-electron chi connectivity index (χ0n) is 11.8. The van der Waals surface area contributed by atoms with Crippen LogP contribution in [-0.2, 0) is 10.0 Å². The van der Waals surface area contributed by atoms with Gasteiger partial charge in [0.25, 0.3) is 0 Å². The molecule has 4 nitrogen and oxygen atoms in total.